The second kappa shape index (κ2) is 6.44. The molecule has 0 saturated heterocycles. The number of hydrogen-bond donors (Lipinski definition) is 0. The first-order chi connectivity index (χ1) is 11.2. The largest absolute Gasteiger partial charge is 0.497 e. The summed E-state index contributed by atoms with van der Waals surface area (Å²) >= 11 is 0. The fraction of sp³-hybridized carbons (Fsp3) is 0.167. The zero-order valence-electron chi connectivity index (χ0n) is 12.9. The van der Waals surface area contributed by atoms with Gasteiger partial charge in [0.2, 0.25) is 12.5 Å². The van der Waals surface area contributed by atoms with Crippen LogP contribution in [-0.4, -0.2) is 26.8 Å². The van der Waals surface area contributed by atoms with Crippen molar-refractivity contribution >= 4 is 11.9 Å². The molecule has 3 rings (SSSR count). The normalized spacial score (nSPS) is 12.4. The van der Waals surface area contributed by atoms with Gasteiger partial charge >= 0.3 is 0 Å². The van der Waals surface area contributed by atoms with Gasteiger partial charge in [0.05, 0.1) is 14.2 Å². The number of allylic oxidation sites excluding steroid dienone is 1. The van der Waals surface area contributed by atoms with Crippen molar-refractivity contribution in [2.45, 2.75) is 0 Å². The Morgan fingerprint density at radius 2 is 1.87 bits per heavy atom. The van der Waals surface area contributed by atoms with Gasteiger partial charge in [0.1, 0.15) is 5.75 Å². The fourth-order valence-corrected chi connectivity index (χ4v) is 2.26. The summed E-state index contributed by atoms with van der Waals surface area (Å²) in [5.41, 5.74) is 1.39. The molecule has 2 aromatic carbocycles. The van der Waals surface area contributed by atoms with E-state index in [4.69, 9.17) is 18.9 Å². The van der Waals surface area contributed by atoms with Crippen LogP contribution in [0.3, 0.4) is 0 Å². The number of carbonyl (C=O) groups excluding carboxylic acids is 1. The van der Waals surface area contributed by atoms with E-state index >= 15 is 0 Å². The molecular weight excluding hydrogens is 296 g/mol. The van der Waals surface area contributed by atoms with E-state index in [1.165, 1.54) is 13.2 Å². The number of rotatable bonds is 5. The molecule has 2 aromatic rings. The molecule has 1 aliphatic rings. The van der Waals surface area contributed by atoms with E-state index in [2.05, 4.69) is 0 Å². The number of ketones is 1. The van der Waals surface area contributed by atoms with Crippen LogP contribution in [0.4, 0.5) is 0 Å². The first kappa shape index (κ1) is 15.0. The first-order valence-corrected chi connectivity index (χ1v) is 7.05. The standard InChI is InChI=1S/C18H16O5/c1-20-14-6-3-12(4-7-14)5-8-15(19)13-9-16(21-2)18-17(10-13)22-11-23-18/h3-10H,11H2,1-2H3. The summed E-state index contributed by atoms with van der Waals surface area (Å²) in [6.45, 7) is 0.130. The smallest absolute Gasteiger partial charge is 0.231 e. The fourth-order valence-electron chi connectivity index (χ4n) is 2.26. The average Bonchev–Trinajstić information content (AvgIpc) is 3.07. The molecular formula is C18H16O5. The van der Waals surface area contributed by atoms with Crippen molar-refractivity contribution in [3.8, 4) is 23.0 Å². The summed E-state index contributed by atoms with van der Waals surface area (Å²) in [5.74, 6) is 2.17. The second-order valence-corrected chi connectivity index (χ2v) is 4.88. The molecule has 0 unspecified atom stereocenters. The maximum atomic E-state index is 12.3. The maximum absolute atomic E-state index is 12.3. The Bertz CT molecular complexity index is 747. The zero-order valence-corrected chi connectivity index (χ0v) is 12.9. The number of fused-ring (bicyclic) bond motifs is 1. The molecule has 1 aliphatic heterocycles. The number of carbonyl (C=O) groups is 1. The summed E-state index contributed by atoms with van der Waals surface area (Å²) in [7, 11) is 3.14. The van der Waals surface area contributed by atoms with Crippen molar-refractivity contribution in [3.63, 3.8) is 0 Å². The number of ether oxygens (including phenoxy) is 4. The zero-order chi connectivity index (χ0) is 16.2. The summed E-state index contributed by atoms with van der Waals surface area (Å²) in [5, 5.41) is 0. The van der Waals surface area contributed by atoms with E-state index in [9.17, 15) is 4.79 Å². The van der Waals surface area contributed by atoms with Gasteiger partial charge in [-0.25, -0.2) is 0 Å². The molecule has 0 atom stereocenters. The van der Waals surface area contributed by atoms with E-state index < -0.39 is 0 Å². The first-order valence-electron chi connectivity index (χ1n) is 7.05. The van der Waals surface area contributed by atoms with Crippen LogP contribution in [-0.2, 0) is 0 Å². The predicted molar refractivity (Wildman–Crippen MR) is 85.5 cm³/mol. The van der Waals surface area contributed by atoms with Crippen LogP contribution < -0.4 is 18.9 Å². The summed E-state index contributed by atoms with van der Waals surface area (Å²) in [4.78, 5) is 12.3. The molecule has 5 heteroatoms. The van der Waals surface area contributed by atoms with Gasteiger partial charge in [-0.15, -0.1) is 0 Å². The molecule has 0 aliphatic carbocycles. The van der Waals surface area contributed by atoms with Crippen molar-refractivity contribution in [1.29, 1.82) is 0 Å². The van der Waals surface area contributed by atoms with Gasteiger partial charge in [-0.1, -0.05) is 18.2 Å². The summed E-state index contributed by atoms with van der Waals surface area (Å²) in [6.07, 6.45) is 3.26. The Morgan fingerprint density at radius 1 is 1.09 bits per heavy atom. The minimum atomic E-state index is -0.141. The highest BCUT2D eigenvalue weighted by molar-refractivity contribution is 6.07. The quantitative estimate of drug-likeness (QED) is 0.626. The minimum absolute atomic E-state index is 0.130. The van der Waals surface area contributed by atoms with Crippen molar-refractivity contribution in [2.24, 2.45) is 0 Å². The Labute approximate surface area is 134 Å². The third-order valence-corrected chi connectivity index (χ3v) is 3.49. The van der Waals surface area contributed by atoms with E-state index in [0.29, 0.717) is 22.8 Å². The van der Waals surface area contributed by atoms with E-state index in [1.807, 2.05) is 24.3 Å². The molecule has 0 amide bonds. The van der Waals surface area contributed by atoms with Crippen molar-refractivity contribution in [1.82, 2.24) is 0 Å². The number of methoxy groups -OCH3 is 2. The third kappa shape index (κ3) is 3.13. The SMILES string of the molecule is COc1ccc(C=CC(=O)c2cc(OC)c3c(c2)OCO3)cc1. The van der Waals surface area contributed by atoms with Crippen LogP contribution in [0.5, 0.6) is 23.0 Å². The van der Waals surface area contributed by atoms with E-state index in [1.54, 1.807) is 25.3 Å². The molecule has 5 nitrogen and oxygen atoms in total. The van der Waals surface area contributed by atoms with Gasteiger partial charge in [0.25, 0.3) is 0 Å². The molecule has 0 spiro atoms. The number of hydrogen-bond acceptors (Lipinski definition) is 5. The van der Waals surface area contributed by atoms with Crippen LogP contribution in [0.1, 0.15) is 15.9 Å². The lowest BCUT2D eigenvalue weighted by atomic mass is 10.1. The van der Waals surface area contributed by atoms with Gasteiger partial charge in [-0.3, -0.25) is 4.79 Å². The molecule has 0 N–H and O–H groups in total. The Kier molecular flexibility index (Phi) is 4.19. The third-order valence-electron chi connectivity index (χ3n) is 3.49. The maximum Gasteiger partial charge on any atom is 0.231 e. The molecule has 0 aromatic heterocycles. The number of benzene rings is 2. The van der Waals surface area contributed by atoms with Gasteiger partial charge in [0, 0.05) is 5.56 Å². The molecule has 0 saturated carbocycles. The van der Waals surface area contributed by atoms with E-state index in [-0.39, 0.29) is 12.6 Å². The van der Waals surface area contributed by atoms with Crippen molar-refractivity contribution in [3.05, 3.63) is 53.6 Å². The lowest BCUT2D eigenvalue weighted by molar-refractivity contribution is 0.104. The highest BCUT2D eigenvalue weighted by Crippen LogP contribution is 2.41. The molecule has 0 fully saturated rings. The van der Waals surface area contributed by atoms with Crippen LogP contribution >= 0.6 is 0 Å². The van der Waals surface area contributed by atoms with Crippen LogP contribution in [0.25, 0.3) is 6.08 Å². The van der Waals surface area contributed by atoms with Gasteiger partial charge in [-0.2, -0.15) is 0 Å². The second-order valence-electron chi connectivity index (χ2n) is 4.88. The van der Waals surface area contributed by atoms with Gasteiger partial charge in [0.15, 0.2) is 17.3 Å². The van der Waals surface area contributed by atoms with E-state index in [0.717, 1.165) is 11.3 Å². The van der Waals surface area contributed by atoms with Gasteiger partial charge < -0.3 is 18.9 Å². The Hall–Kier alpha value is -2.95. The van der Waals surface area contributed by atoms with Crippen LogP contribution in [0, 0.1) is 0 Å². The Morgan fingerprint density at radius 3 is 2.57 bits per heavy atom. The molecule has 1 heterocycles. The highest BCUT2D eigenvalue weighted by Gasteiger charge is 2.21. The molecule has 23 heavy (non-hydrogen) atoms. The van der Waals surface area contributed by atoms with Crippen LogP contribution in [0.15, 0.2) is 42.5 Å². The topological polar surface area (TPSA) is 54.0 Å². The molecule has 118 valence electrons. The minimum Gasteiger partial charge on any atom is -0.497 e. The summed E-state index contributed by atoms with van der Waals surface area (Å²) in [6, 6.07) is 10.7. The molecule has 0 bridgehead atoms. The highest BCUT2D eigenvalue weighted by atomic mass is 16.7. The van der Waals surface area contributed by atoms with Crippen molar-refractivity contribution in [2.75, 3.05) is 21.0 Å². The van der Waals surface area contributed by atoms with Crippen LogP contribution in [0.2, 0.25) is 0 Å². The lowest BCUT2D eigenvalue weighted by Crippen LogP contribution is -1.96. The van der Waals surface area contributed by atoms with Crippen molar-refractivity contribution < 1.29 is 23.7 Å². The molecule has 0 radical (unpaired) electrons. The average molecular weight is 312 g/mol. The predicted octanol–water partition coefficient (Wildman–Crippen LogP) is 3.33. The monoisotopic (exact) mass is 312 g/mol. The lowest BCUT2D eigenvalue weighted by Gasteiger charge is -2.06. The summed E-state index contributed by atoms with van der Waals surface area (Å²) < 4.78 is 21.0. The van der Waals surface area contributed by atoms with Gasteiger partial charge in [-0.05, 0) is 35.9 Å². The Balaban J connectivity index is 1.81.